The number of nitrogens with zero attached hydrogens (tertiary/aromatic N) is 1. The van der Waals surface area contributed by atoms with E-state index in [4.69, 9.17) is 0 Å². The molecule has 0 bridgehead atoms. The Kier molecular flexibility index (Phi) is 5.42. The summed E-state index contributed by atoms with van der Waals surface area (Å²) in [6.07, 6.45) is 3.94. The molecule has 0 unspecified atom stereocenters. The molecule has 0 saturated carbocycles. The van der Waals surface area contributed by atoms with Gasteiger partial charge in [0, 0.05) is 16.8 Å². The number of allylic oxidation sites excluding steroid dienone is 4. The number of hydrogen-bond acceptors (Lipinski definition) is 1. The molecule has 2 aromatic rings. The molecule has 0 heterocycles. The van der Waals surface area contributed by atoms with Gasteiger partial charge < -0.3 is 0 Å². The van der Waals surface area contributed by atoms with Crippen molar-refractivity contribution in [2.45, 2.75) is 40.0 Å². The maximum Gasteiger partial charge on any atom is 0.0377 e. The van der Waals surface area contributed by atoms with Gasteiger partial charge in [0.25, 0.3) is 0 Å². The summed E-state index contributed by atoms with van der Waals surface area (Å²) in [4.78, 5) is 3.92. The van der Waals surface area contributed by atoms with Gasteiger partial charge in [0.15, 0.2) is 0 Å². The number of fused-ring (bicyclic) bond motifs is 1. The number of hydrogen-bond donors (Lipinski definition) is 0. The average Bonchev–Trinajstić information content (AvgIpc) is 2.56. The second kappa shape index (κ2) is 7.32. The zero-order chi connectivity index (χ0) is 17.7. The zero-order valence-corrected chi connectivity index (χ0v) is 15.3. The Labute approximate surface area is 145 Å². The van der Waals surface area contributed by atoms with E-state index in [9.17, 15) is 0 Å². The van der Waals surface area contributed by atoms with Gasteiger partial charge >= 0.3 is 0 Å². The van der Waals surface area contributed by atoms with Gasteiger partial charge in [0.05, 0.1) is 0 Å². The van der Waals surface area contributed by atoms with E-state index in [1.807, 2.05) is 26.0 Å². The van der Waals surface area contributed by atoms with Crippen LogP contribution in [-0.4, -0.2) is 6.72 Å². The molecule has 0 fully saturated rings. The van der Waals surface area contributed by atoms with Crippen molar-refractivity contribution < 1.29 is 0 Å². The van der Waals surface area contributed by atoms with E-state index in [0.29, 0.717) is 0 Å². The molecule has 2 rings (SSSR count). The van der Waals surface area contributed by atoms with Crippen LogP contribution in [-0.2, 0) is 5.41 Å². The Morgan fingerprint density at radius 3 is 2.38 bits per heavy atom. The summed E-state index contributed by atoms with van der Waals surface area (Å²) in [6.45, 7) is 14.2. The van der Waals surface area contributed by atoms with Crippen LogP contribution in [0.5, 0.6) is 0 Å². The minimum Gasteiger partial charge on any atom is -0.269 e. The number of benzene rings is 2. The molecule has 1 nitrogen and oxygen atoms in total. The van der Waals surface area contributed by atoms with Gasteiger partial charge in [-0.1, -0.05) is 69.0 Å². The molecule has 24 heavy (non-hydrogen) atoms. The van der Waals surface area contributed by atoms with Crippen molar-refractivity contribution in [1.82, 2.24) is 0 Å². The van der Waals surface area contributed by atoms with Crippen molar-refractivity contribution >= 4 is 17.5 Å². The fourth-order valence-corrected chi connectivity index (χ4v) is 2.67. The van der Waals surface area contributed by atoms with Crippen molar-refractivity contribution in [2.24, 2.45) is 4.99 Å². The molecule has 0 aliphatic heterocycles. The highest BCUT2D eigenvalue weighted by molar-refractivity contribution is 5.91. The first-order valence-electron chi connectivity index (χ1n) is 8.22. The van der Waals surface area contributed by atoms with Crippen molar-refractivity contribution in [3.8, 4) is 11.8 Å². The van der Waals surface area contributed by atoms with Crippen molar-refractivity contribution in [3.63, 3.8) is 0 Å². The third-order valence-electron chi connectivity index (χ3n) is 4.00. The van der Waals surface area contributed by atoms with Crippen molar-refractivity contribution in [3.05, 3.63) is 70.9 Å². The summed E-state index contributed by atoms with van der Waals surface area (Å²) in [6, 6.07) is 12.8. The van der Waals surface area contributed by atoms with E-state index in [2.05, 4.69) is 80.7 Å². The van der Waals surface area contributed by atoms with Gasteiger partial charge in [-0.3, -0.25) is 4.99 Å². The molecule has 122 valence electrons. The summed E-state index contributed by atoms with van der Waals surface area (Å²) in [5.41, 5.74) is 4.32. The number of rotatable bonds is 2. The maximum atomic E-state index is 3.92. The van der Waals surface area contributed by atoms with E-state index in [0.717, 1.165) is 16.8 Å². The quantitative estimate of drug-likeness (QED) is 0.364. The van der Waals surface area contributed by atoms with E-state index in [1.165, 1.54) is 16.3 Å². The molecular formula is C23H25N. The van der Waals surface area contributed by atoms with Gasteiger partial charge in [-0.2, -0.15) is 0 Å². The average molecular weight is 315 g/mol. The van der Waals surface area contributed by atoms with E-state index in [1.54, 1.807) is 0 Å². The summed E-state index contributed by atoms with van der Waals surface area (Å²) in [7, 11) is 0. The van der Waals surface area contributed by atoms with Crippen molar-refractivity contribution in [2.75, 3.05) is 0 Å². The van der Waals surface area contributed by atoms with Crippen LogP contribution >= 0.6 is 0 Å². The number of aliphatic imine (C=N–C) groups is 1. The first-order valence-corrected chi connectivity index (χ1v) is 8.22. The molecule has 0 radical (unpaired) electrons. The Hall–Kier alpha value is -2.59. The molecular weight excluding hydrogens is 290 g/mol. The summed E-state index contributed by atoms with van der Waals surface area (Å²) in [5.74, 6) is 6.57. The standard InChI is InChI=1S/C23H25N/c1-7-18(16-17(2)24-6)14-15-19-10-8-12-21-20(19)11-9-13-22(21)23(3,4)5/h7-13,16H,6H2,1-5H3/b17-16-,18-7-. The minimum absolute atomic E-state index is 0.107. The van der Waals surface area contributed by atoms with Crippen LogP contribution in [0.1, 0.15) is 45.7 Å². The van der Waals surface area contributed by atoms with Gasteiger partial charge in [-0.05, 0) is 54.5 Å². The van der Waals surface area contributed by atoms with Crippen LogP contribution in [0.3, 0.4) is 0 Å². The maximum absolute atomic E-state index is 3.92. The summed E-state index contributed by atoms with van der Waals surface area (Å²) in [5, 5.41) is 2.48. The van der Waals surface area contributed by atoms with E-state index >= 15 is 0 Å². The van der Waals surface area contributed by atoms with Gasteiger partial charge in [0.1, 0.15) is 0 Å². The molecule has 0 atom stereocenters. The minimum atomic E-state index is 0.107. The Morgan fingerprint density at radius 1 is 1.08 bits per heavy atom. The molecule has 2 aromatic carbocycles. The van der Waals surface area contributed by atoms with Gasteiger partial charge in [-0.15, -0.1) is 0 Å². The van der Waals surface area contributed by atoms with E-state index < -0.39 is 0 Å². The third kappa shape index (κ3) is 4.03. The first kappa shape index (κ1) is 17.8. The first-order chi connectivity index (χ1) is 11.4. The smallest absolute Gasteiger partial charge is 0.0377 e. The predicted molar refractivity (Wildman–Crippen MR) is 107 cm³/mol. The highest BCUT2D eigenvalue weighted by atomic mass is 14.7. The van der Waals surface area contributed by atoms with Crippen LogP contribution in [0.4, 0.5) is 0 Å². The molecule has 0 N–H and O–H groups in total. The Morgan fingerprint density at radius 2 is 1.75 bits per heavy atom. The predicted octanol–water partition coefficient (Wildman–Crippen LogP) is 6.04. The van der Waals surface area contributed by atoms with Crippen LogP contribution in [0.25, 0.3) is 10.8 Å². The lowest BCUT2D eigenvalue weighted by molar-refractivity contribution is 0.596. The highest BCUT2D eigenvalue weighted by Gasteiger charge is 2.16. The lowest BCUT2D eigenvalue weighted by atomic mass is 9.83. The van der Waals surface area contributed by atoms with E-state index in [-0.39, 0.29) is 5.41 Å². The molecule has 0 aromatic heterocycles. The normalized spacial score (nSPS) is 12.7. The zero-order valence-electron chi connectivity index (χ0n) is 15.3. The highest BCUT2D eigenvalue weighted by Crippen LogP contribution is 2.31. The lowest BCUT2D eigenvalue weighted by Crippen LogP contribution is -2.11. The third-order valence-corrected chi connectivity index (χ3v) is 4.00. The lowest BCUT2D eigenvalue weighted by Gasteiger charge is -2.21. The van der Waals surface area contributed by atoms with Crippen LogP contribution < -0.4 is 0 Å². The monoisotopic (exact) mass is 315 g/mol. The summed E-state index contributed by atoms with van der Waals surface area (Å²) >= 11 is 0. The fraction of sp³-hybridized carbons (Fsp3) is 0.261. The van der Waals surface area contributed by atoms with Crippen LogP contribution in [0.15, 0.2) is 64.8 Å². The van der Waals surface area contributed by atoms with Crippen LogP contribution in [0, 0.1) is 11.8 Å². The largest absolute Gasteiger partial charge is 0.269 e. The van der Waals surface area contributed by atoms with Crippen LogP contribution in [0.2, 0.25) is 0 Å². The molecule has 0 spiro atoms. The fourth-order valence-electron chi connectivity index (χ4n) is 2.67. The topological polar surface area (TPSA) is 12.4 Å². The summed E-state index contributed by atoms with van der Waals surface area (Å²) < 4.78 is 0. The Balaban J connectivity index is 2.57. The van der Waals surface area contributed by atoms with Crippen molar-refractivity contribution in [1.29, 1.82) is 0 Å². The second-order valence-electron chi connectivity index (χ2n) is 6.89. The molecule has 0 amide bonds. The molecule has 0 aliphatic rings. The molecule has 0 saturated heterocycles. The van der Waals surface area contributed by atoms with Gasteiger partial charge in [-0.25, -0.2) is 0 Å². The van der Waals surface area contributed by atoms with Gasteiger partial charge in [0.2, 0.25) is 0 Å². The SMILES string of the molecule is C=N/C(C)=C\C(C#Cc1cccc2c(C(C)(C)C)cccc12)=C/C. The second-order valence-corrected chi connectivity index (χ2v) is 6.89. The Bertz CT molecular complexity index is 878. The molecule has 0 aliphatic carbocycles. The molecule has 1 heteroatoms.